The maximum absolute atomic E-state index is 13.0. The number of fused-ring (bicyclic) bond motifs is 1. The van der Waals surface area contributed by atoms with Crippen molar-refractivity contribution in [3.05, 3.63) is 54.1 Å². The van der Waals surface area contributed by atoms with E-state index in [-0.39, 0.29) is 36.0 Å². The van der Waals surface area contributed by atoms with Gasteiger partial charge < -0.3 is 20.9 Å². The molecule has 0 spiro atoms. The molecule has 2 aromatic rings. The maximum atomic E-state index is 13.0. The lowest BCUT2D eigenvalue weighted by Crippen LogP contribution is -2.42. The lowest BCUT2D eigenvalue weighted by Gasteiger charge is -2.28. The second-order valence-electron chi connectivity index (χ2n) is 7.08. The van der Waals surface area contributed by atoms with Crippen molar-refractivity contribution >= 4 is 34.8 Å². The molecule has 0 aromatic heterocycles. The molecule has 0 saturated heterocycles. The standard InChI is InChI=1S/C21H21F3N4O3/c1-13-10-18(29)27-16-8-4-5-9-17(16)28(13)19(30)11-25-15-7-3-2-6-14(15)20(31)26-12-21(22,23)24/h2-9,13,25H,10-12H2,1H3,(H,26,31)(H,27,29). The molecule has 0 saturated carbocycles. The van der Waals surface area contributed by atoms with Crippen LogP contribution in [0.25, 0.3) is 0 Å². The van der Waals surface area contributed by atoms with Crippen LogP contribution in [0, 0.1) is 0 Å². The SMILES string of the molecule is CC1CC(=O)Nc2ccccc2N1C(=O)CNc1ccccc1C(=O)NCC(F)(F)F. The van der Waals surface area contributed by atoms with Crippen LogP contribution >= 0.6 is 0 Å². The van der Waals surface area contributed by atoms with E-state index in [9.17, 15) is 27.6 Å². The highest BCUT2D eigenvalue weighted by Crippen LogP contribution is 2.31. The first-order chi connectivity index (χ1) is 14.7. The topological polar surface area (TPSA) is 90.5 Å². The second-order valence-corrected chi connectivity index (χ2v) is 7.08. The first-order valence-electron chi connectivity index (χ1n) is 9.54. The summed E-state index contributed by atoms with van der Waals surface area (Å²) in [6, 6.07) is 12.5. The fourth-order valence-corrected chi connectivity index (χ4v) is 3.33. The molecule has 2 aromatic carbocycles. The van der Waals surface area contributed by atoms with Crippen molar-refractivity contribution in [2.45, 2.75) is 25.6 Å². The van der Waals surface area contributed by atoms with Crippen LogP contribution in [0.5, 0.6) is 0 Å². The van der Waals surface area contributed by atoms with Crippen LogP contribution in [-0.4, -0.2) is 43.0 Å². The zero-order valence-corrected chi connectivity index (χ0v) is 16.6. The number of hydrogen-bond acceptors (Lipinski definition) is 4. The normalized spacial score (nSPS) is 16.1. The number of carbonyl (C=O) groups is 3. The van der Waals surface area contributed by atoms with Crippen LogP contribution < -0.4 is 20.9 Å². The average Bonchev–Trinajstić information content (AvgIpc) is 2.84. The predicted molar refractivity (Wildman–Crippen MR) is 110 cm³/mol. The van der Waals surface area contributed by atoms with Crippen LogP contribution in [0.15, 0.2) is 48.5 Å². The third-order valence-corrected chi connectivity index (χ3v) is 4.68. The van der Waals surface area contributed by atoms with Crippen molar-refractivity contribution in [2.75, 3.05) is 28.6 Å². The molecule has 164 valence electrons. The van der Waals surface area contributed by atoms with Gasteiger partial charge in [-0.15, -0.1) is 0 Å². The molecule has 3 N–H and O–H groups in total. The van der Waals surface area contributed by atoms with E-state index in [1.165, 1.54) is 23.1 Å². The number of benzene rings is 2. The van der Waals surface area contributed by atoms with Crippen molar-refractivity contribution in [2.24, 2.45) is 0 Å². The third kappa shape index (κ3) is 5.53. The van der Waals surface area contributed by atoms with Crippen LogP contribution in [0.4, 0.5) is 30.2 Å². The van der Waals surface area contributed by atoms with Gasteiger partial charge in [-0.05, 0) is 31.2 Å². The zero-order valence-electron chi connectivity index (χ0n) is 16.6. The zero-order chi connectivity index (χ0) is 22.6. The molecular weight excluding hydrogens is 413 g/mol. The Labute approximate surface area is 176 Å². The number of amides is 3. The molecule has 7 nitrogen and oxygen atoms in total. The highest BCUT2D eigenvalue weighted by atomic mass is 19.4. The Kier molecular flexibility index (Phi) is 6.47. The molecule has 3 rings (SSSR count). The van der Waals surface area contributed by atoms with Crippen LogP contribution in [0.2, 0.25) is 0 Å². The highest BCUT2D eigenvalue weighted by Gasteiger charge is 2.30. The van der Waals surface area contributed by atoms with Gasteiger partial charge in [-0.3, -0.25) is 14.4 Å². The monoisotopic (exact) mass is 434 g/mol. The number of rotatable bonds is 5. The molecule has 3 amide bonds. The Hall–Kier alpha value is -3.56. The smallest absolute Gasteiger partial charge is 0.375 e. The quantitative estimate of drug-likeness (QED) is 0.675. The molecule has 1 aliphatic heterocycles. The second kappa shape index (κ2) is 9.07. The number of anilines is 3. The summed E-state index contributed by atoms with van der Waals surface area (Å²) in [5.41, 5.74) is 1.27. The van der Waals surface area contributed by atoms with Crippen molar-refractivity contribution in [3.8, 4) is 0 Å². The van der Waals surface area contributed by atoms with Gasteiger partial charge in [0.05, 0.1) is 23.5 Å². The minimum atomic E-state index is -4.53. The summed E-state index contributed by atoms with van der Waals surface area (Å²) in [6.07, 6.45) is -4.42. The van der Waals surface area contributed by atoms with E-state index in [4.69, 9.17) is 0 Å². The number of para-hydroxylation sites is 3. The highest BCUT2D eigenvalue weighted by molar-refractivity contribution is 6.06. The van der Waals surface area contributed by atoms with Gasteiger partial charge in [-0.25, -0.2) is 0 Å². The molecule has 1 unspecified atom stereocenters. The molecule has 0 radical (unpaired) electrons. The minimum absolute atomic E-state index is 0.0132. The van der Waals surface area contributed by atoms with Gasteiger partial charge in [0.15, 0.2) is 0 Å². The van der Waals surface area contributed by atoms with Crippen LogP contribution in [-0.2, 0) is 9.59 Å². The Morgan fingerprint density at radius 3 is 2.55 bits per heavy atom. The molecule has 1 atom stereocenters. The largest absolute Gasteiger partial charge is 0.405 e. The number of halogens is 3. The summed E-state index contributed by atoms with van der Waals surface area (Å²) in [6.45, 7) is 0.0662. The lowest BCUT2D eigenvalue weighted by molar-refractivity contribution is -0.123. The van der Waals surface area contributed by atoms with Crippen molar-refractivity contribution in [1.29, 1.82) is 0 Å². The summed E-state index contributed by atoms with van der Waals surface area (Å²) in [5.74, 6) is -1.48. The lowest BCUT2D eigenvalue weighted by atomic mass is 10.1. The molecule has 1 aliphatic rings. The van der Waals surface area contributed by atoms with E-state index in [0.29, 0.717) is 11.4 Å². The minimum Gasteiger partial charge on any atom is -0.375 e. The summed E-state index contributed by atoms with van der Waals surface area (Å²) in [5, 5.41) is 7.41. The van der Waals surface area contributed by atoms with Crippen molar-refractivity contribution < 1.29 is 27.6 Å². The van der Waals surface area contributed by atoms with Crippen LogP contribution in [0.3, 0.4) is 0 Å². The average molecular weight is 434 g/mol. The van der Waals surface area contributed by atoms with Gasteiger partial charge >= 0.3 is 6.18 Å². The third-order valence-electron chi connectivity index (χ3n) is 4.68. The van der Waals surface area contributed by atoms with E-state index in [0.717, 1.165) is 0 Å². The Balaban J connectivity index is 1.75. The number of alkyl halides is 3. The number of hydrogen-bond donors (Lipinski definition) is 3. The Morgan fingerprint density at radius 1 is 1.13 bits per heavy atom. The molecule has 10 heteroatoms. The summed E-state index contributed by atoms with van der Waals surface area (Å²) in [7, 11) is 0. The van der Waals surface area contributed by atoms with Gasteiger partial charge in [-0.2, -0.15) is 13.2 Å². The Bertz CT molecular complexity index is 994. The summed E-state index contributed by atoms with van der Waals surface area (Å²) >= 11 is 0. The fourth-order valence-electron chi connectivity index (χ4n) is 3.33. The summed E-state index contributed by atoms with van der Waals surface area (Å²) < 4.78 is 37.2. The number of nitrogens with one attached hydrogen (secondary N) is 3. The first-order valence-corrected chi connectivity index (χ1v) is 9.54. The van der Waals surface area contributed by atoms with E-state index < -0.39 is 24.7 Å². The van der Waals surface area contributed by atoms with E-state index in [1.54, 1.807) is 37.3 Å². The molecule has 31 heavy (non-hydrogen) atoms. The van der Waals surface area contributed by atoms with Gasteiger partial charge in [0.2, 0.25) is 11.8 Å². The fraction of sp³-hybridized carbons (Fsp3) is 0.286. The molecule has 0 fully saturated rings. The molecular formula is C21H21F3N4O3. The van der Waals surface area contributed by atoms with Gasteiger partial charge in [0.25, 0.3) is 5.91 Å². The Morgan fingerprint density at radius 2 is 1.81 bits per heavy atom. The molecule has 0 aliphatic carbocycles. The van der Waals surface area contributed by atoms with Crippen molar-refractivity contribution in [1.82, 2.24) is 5.32 Å². The van der Waals surface area contributed by atoms with Gasteiger partial charge in [-0.1, -0.05) is 24.3 Å². The van der Waals surface area contributed by atoms with Crippen LogP contribution in [0.1, 0.15) is 23.7 Å². The van der Waals surface area contributed by atoms with Gasteiger partial charge in [0.1, 0.15) is 6.54 Å². The van der Waals surface area contributed by atoms with E-state index >= 15 is 0 Å². The van der Waals surface area contributed by atoms with Gasteiger partial charge in [0, 0.05) is 18.2 Å². The predicted octanol–water partition coefficient (Wildman–Crippen LogP) is 3.15. The first kappa shape index (κ1) is 22.1. The molecule has 1 heterocycles. The molecule has 0 bridgehead atoms. The number of carbonyl (C=O) groups excluding carboxylic acids is 3. The maximum Gasteiger partial charge on any atom is 0.405 e. The van der Waals surface area contributed by atoms with E-state index in [2.05, 4.69) is 10.6 Å². The summed E-state index contributed by atoms with van der Waals surface area (Å²) in [4.78, 5) is 38.7. The number of nitrogens with zero attached hydrogens (tertiary/aromatic N) is 1. The van der Waals surface area contributed by atoms with Crippen molar-refractivity contribution in [3.63, 3.8) is 0 Å². The van der Waals surface area contributed by atoms with E-state index in [1.807, 2.05) is 5.32 Å².